The Morgan fingerprint density at radius 2 is 1.82 bits per heavy atom. The molecule has 1 atom stereocenters. The number of carbonyl (C=O) groups excluding carboxylic acids is 1. The molecule has 0 saturated carbocycles. The van der Waals surface area contributed by atoms with Crippen molar-refractivity contribution in [2.45, 2.75) is 55.9 Å². The van der Waals surface area contributed by atoms with Gasteiger partial charge in [0, 0.05) is 30.3 Å². The predicted molar refractivity (Wildman–Crippen MR) is 112 cm³/mol. The molecule has 0 bridgehead atoms. The summed E-state index contributed by atoms with van der Waals surface area (Å²) < 4.78 is 13.7. The van der Waals surface area contributed by atoms with E-state index >= 15 is 0 Å². The lowest BCUT2D eigenvalue weighted by atomic mass is 9.96. The molecule has 0 aliphatic carbocycles. The summed E-state index contributed by atoms with van der Waals surface area (Å²) >= 11 is 1.75. The normalized spacial score (nSPS) is 24.5. The fourth-order valence-corrected chi connectivity index (χ4v) is 5.86. The molecule has 0 unspecified atom stereocenters. The molecule has 2 amide bonds. The molecule has 3 aliphatic heterocycles. The van der Waals surface area contributed by atoms with Crippen LogP contribution in [0.3, 0.4) is 0 Å². The van der Waals surface area contributed by atoms with Gasteiger partial charge in [-0.25, -0.2) is 9.18 Å². The summed E-state index contributed by atoms with van der Waals surface area (Å²) in [5.41, 5.74) is 0.931. The lowest BCUT2D eigenvalue weighted by Gasteiger charge is -2.36. The average Bonchev–Trinajstić information content (AvgIpc) is 2.98. The molecule has 4 nitrogen and oxygen atoms in total. The van der Waals surface area contributed by atoms with E-state index in [2.05, 4.69) is 10.2 Å². The summed E-state index contributed by atoms with van der Waals surface area (Å²) in [5.74, 6) is 1.44. The first-order valence-corrected chi connectivity index (χ1v) is 11.9. The lowest BCUT2D eigenvalue weighted by molar-refractivity contribution is 0.145. The zero-order valence-electron chi connectivity index (χ0n) is 16.7. The van der Waals surface area contributed by atoms with E-state index < -0.39 is 0 Å². The molecule has 0 aromatic heterocycles. The summed E-state index contributed by atoms with van der Waals surface area (Å²) in [7, 11) is 0. The van der Waals surface area contributed by atoms with Gasteiger partial charge in [0.2, 0.25) is 0 Å². The molecule has 2 saturated heterocycles. The number of carbonyl (C=O) groups is 1. The number of nitrogens with one attached hydrogen (secondary N) is 1. The van der Waals surface area contributed by atoms with E-state index in [9.17, 15) is 9.18 Å². The van der Waals surface area contributed by atoms with Gasteiger partial charge in [0.15, 0.2) is 0 Å². The molecule has 4 rings (SSSR count). The summed E-state index contributed by atoms with van der Waals surface area (Å²) in [4.78, 5) is 18.5. The summed E-state index contributed by atoms with van der Waals surface area (Å²) in [5, 5.41) is 3.17. The van der Waals surface area contributed by atoms with Gasteiger partial charge in [-0.1, -0.05) is 12.8 Å². The molecular formula is C22H32FN3OS. The third kappa shape index (κ3) is 5.01. The lowest BCUT2D eigenvalue weighted by Crippen LogP contribution is -2.47. The molecule has 1 aromatic carbocycles. The summed E-state index contributed by atoms with van der Waals surface area (Å²) in [6.45, 7) is 5.36. The van der Waals surface area contributed by atoms with Gasteiger partial charge in [-0.05, 0) is 74.9 Å². The van der Waals surface area contributed by atoms with Crippen molar-refractivity contribution in [3.05, 3.63) is 29.6 Å². The molecule has 2 fully saturated rings. The third-order valence-electron chi connectivity index (χ3n) is 6.43. The number of benzene rings is 1. The first-order valence-electron chi connectivity index (χ1n) is 10.9. The summed E-state index contributed by atoms with van der Waals surface area (Å²) in [6.07, 6.45) is 8.47. The summed E-state index contributed by atoms with van der Waals surface area (Å²) in [6, 6.07) is 4.86. The number of fused-ring (bicyclic) bond motifs is 1. The monoisotopic (exact) mass is 405 g/mol. The van der Waals surface area contributed by atoms with Crippen molar-refractivity contribution >= 4 is 17.8 Å². The van der Waals surface area contributed by atoms with Gasteiger partial charge in [0.05, 0.1) is 6.04 Å². The van der Waals surface area contributed by atoms with Crippen LogP contribution in [-0.2, 0) is 0 Å². The van der Waals surface area contributed by atoms with Gasteiger partial charge in [0.1, 0.15) is 5.82 Å². The standard InChI is InChI=1S/C22H32FN3OS/c23-18-5-6-21-19(15-18)20(9-14-28-21)24-22(27)26-12-7-17(8-13-26)16-25-10-3-1-2-4-11-25/h5-6,15,17,20H,1-4,7-14,16H2,(H,24,27)/t20-/m0/s1. The van der Waals surface area contributed by atoms with Crippen LogP contribution in [0.15, 0.2) is 23.1 Å². The maximum atomic E-state index is 13.7. The quantitative estimate of drug-likeness (QED) is 0.794. The number of rotatable bonds is 3. The van der Waals surface area contributed by atoms with Crippen LogP contribution in [0.2, 0.25) is 0 Å². The van der Waals surface area contributed by atoms with Crippen molar-refractivity contribution in [1.82, 2.24) is 15.1 Å². The number of nitrogens with zero attached hydrogens (tertiary/aromatic N) is 2. The second-order valence-corrected chi connectivity index (χ2v) is 9.60. The highest BCUT2D eigenvalue weighted by atomic mass is 32.2. The fraction of sp³-hybridized carbons (Fsp3) is 0.682. The molecule has 1 aromatic rings. The molecule has 3 aliphatic rings. The van der Waals surface area contributed by atoms with Gasteiger partial charge in [0.25, 0.3) is 0 Å². The number of likely N-dealkylation sites (tertiary alicyclic amines) is 2. The van der Waals surface area contributed by atoms with Crippen molar-refractivity contribution in [3.63, 3.8) is 0 Å². The predicted octanol–water partition coefficient (Wildman–Crippen LogP) is 4.66. The van der Waals surface area contributed by atoms with Crippen LogP contribution < -0.4 is 5.32 Å². The highest BCUT2D eigenvalue weighted by molar-refractivity contribution is 7.99. The smallest absolute Gasteiger partial charge is 0.317 e. The number of thioether (sulfide) groups is 1. The second-order valence-electron chi connectivity index (χ2n) is 8.47. The van der Waals surface area contributed by atoms with Crippen molar-refractivity contribution in [3.8, 4) is 0 Å². The van der Waals surface area contributed by atoms with Gasteiger partial charge < -0.3 is 15.1 Å². The van der Waals surface area contributed by atoms with Gasteiger partial charge >= 0.3 is 6.03 Å². The first kappa shape index (κ1) is 20.0. The molecule has 1 N–H and O–H groups in total. The molecule has 154 valence electrons. The van der Waals surface area contributed by atoms with Crippen LogP contribution in [0.1, 0.15) is 56.6 Å². The maximum absolute atomic E-state index is 13.7. The molecule has 28 heavy (non-hydrogen) atoms. The van der Waals surface area contributed by atoms with E-state index in [1.165, 1.54) is 51.4 Å². The number of amides is 2. The Kier molecular flexibility index (Phi) is 6.78. The Labute approximate surface area is 172 Å². The third-order valence-corrected chi connectivity index (χ3v) is 7.55. The van der Waals surface area contributed by atoms with Gasteiger partial charge in [-0.15, -0.1) is 11.8 Å². The Morgan fingerprint density at radius 1 is 1.07 bits per heavy atom. The molecule has 0 spiro atoms. The van der Waals surface area contributed by atoms with Crippen LogP contribution in [0.5, 0.6) is 0 Å². The second kappa shape index (κ2) is 9.49. The van der Waals surface area contributed by atoms with Gasteiger partial charge in [-0.3, -0.25) is 0 Å². The van der Waals surface area contributed by atoms with E-state index in [1.54, 1.807) is 17.8 Å². The topological polar surface area (TPSA) is 35.6 Å². The fourth-order valence-electron chi connectivity index (χ4n) is 4.76. The van der Waals surface area contributed by atoms with Gasteiger partial charge in [-0.2, -0.15) is 0 Å². The SMILES string of the molecule is O=C(N[C@H]1CCSc2ccc(F)cc21)N1CCC(CN2CCCCCC2)CC1. The average molecular weight is 406 g/mol. The largest absolute Gasteiger partial charge is 0.331 e. The van der Waals surface area contributed by atoms with Crippen LogP contribution in [0.4, 0.5) is 9.18 Å². The van der Waals surface area contributed by atoms with E-state index in [0.29, 0.717) is 5.92 Å². The van der Waals surface area contributed by atoms with Crippen molar-refractivity contribution in [2.75, 3.05) is 38.5 Å². The molecule has 0 radical (unpaired) electrons. The number of hydrogen-bond acceptors (Lipinski definition) is 3. The molecular weight excluding hydrogens is 373 g/mol. The Hall–Kier alpha value is -1.27. The maximum Gasteiger partial charge on any atom is 0.317 e. The van der Waals surface area contributed by atoms with Crippen LogP contribution in [0, 0.1) is 11.7 Å². The Bertz CT molecular complexity index is 670. The number of urea groups is 1. The number of piperidine rings is 1. The van der Waals surface area contributed by atoms with Crippen LogP contribution in [0.25, 0.3) is 0 Å². The van der Waals surface area contributed by atoms with E-state index in [-0.39, 0.29) is 17.9 Å². The highest BCUT2D eigenvalue weighted by Crippen LogP contribution is 2.36. The number of hydrogen-bond donors (Lipinski definition) is 1. The van der Waals surface area contributed by atoms with E-state index in [0.717, 1.165) is 48.6 Å². The van der Waals surface area contributed by atoms with E-state index in [1.807, 2.05) is 11.0 Å². The zero-order valence-corrected chi connectivity index (χ0v) is 17.5. The molecule has 3 heterocycles. The zero-order chi connectivity index (χ0) is 19.3. The highest BCUT2D eigenvalue weighted by Gasteiger charge is 2.28. The van der Waals surface area contributed by atoms with Crippen molar-refractivity contribution in [1.29, 1.82) is 0 Å². The van der Waals surface area contributed by atoms with Crippen LogP contribution in [-0.4, -0.2) is 54.3 Å². The minimum absolute atomic E-state index is 0.0142. The Morgan fingerprint density at radius 3 is 2.57 bits per heavy atom. The van der Waals surface area contributed by atoms with Crippen molar-refractivity contribution in [2.24, 2.45) is 5.92 Å². The Balaban J connectivity index is 1.27. The number of halogens is 1. The van der Waals surface area contributed by atoms with Crippen molar-refractivity contribution < 1.29 is 9.18 Å². The van der Waals surface area contributed by atoms with Crippen LogP contribution >= 0.6 is 11.8 Å². The first-order chi connectivity index (χ1) is 13.7. The molecule has 6 heteroatoms. The minimum Gasteiger partial charge on any atom is -0.331 e. The minimum atomic E-state index is -0.227. The van der Waals surface area contributed by atoms with E-state index in [4.69, 9.17) is 0 Å².